The van der Waals surface area contributed by atoms with Gasteiger partial charge in [-0.15, -0.1) is 0 Å². The number of amides is 1. The number of nitrogens with one attached hydrogen (secondary N) is 2. The molecule has 1 aromatic carbocycles. The molecule has 2 aromatic rings. The molecule has 0 saturated carbocycles. The van der Waals surface area contributed by atoms with Crippen LogP contribution in [-0.2, 0) is 0 Å². The topological polar surface area (TPSA) is 83.8 Å². The van der Waals surface area contributed by atoms with Gasteiger partial charge >= 0.3 is 0 Å². The van der Waals surface area contributed by atoms with Crippen molar-refractivity contribution < 1.29 is 9.18 Å². The number of aryl methyl sites for hydroxylation is 1. The molecule has 0 unspecified atom stereocenters. The van der Waals surface area contributed by atoms with Crippen LogP contribution < -0.4 is 11.1 Å². The van der Waals surface area contributed by atoms with Crippen molar-refractivity contribution in [1.29, 1.82) is 0 Å². The first-order valence-corrected chi connectivity index (χ1v) is 5.43. The zero-order chi connectivity index (χ0) is 13.3. The summed E-state index contributed by atoms with van der Waals surface area (Å²) in [5.41, 5.74) is 6.57. The Balaban J connectivity index is 2.27. The number of H-pyrrole nitrogens is 1. The lowest BCUT2D eigenvalue weighted by Crippen LogP contribution is -2.14. The highest BCUT2D eigenvalue weighted by Gasteiger charge is 2.16. The number of nitrogen functional groups attached to an aromatic ring is 1. The standard InChI is InChI=1S/C11H10ClFN4O/c1-5-9(10(14)17-16-5)11(18)15-8-3-6(12)2-7(13)4-8/h2-4H,1H3,(H,15,18)(H3,14,16,17). The van der Waals surface area contributed by atoms with Gasteiger partial charge in [0.25, 0.3) is 5.91 Å². The highest BCUT2D eigenvalue weighted by atomic mass is 35.5. The Bertz CT molecular complexity index is 571. The van der Waals surface area contributed by atoms with Crippen LogP contribution in [0.5, 0.6) is 0 Å². The van der Waals surface area contributed by atoms with E-state index in [-0.39, 0.29) is 22.1 Å². The summed E-state index contributed by atoms with van der Waals surface area (Å²) in [4.78, 5) is 11.9. The smallest absolute Gasteiger partial charge is 0.261 e. The third-order valence-electron chi connectivity index (χ3n) is 2.32. The van der Waals surface area contributed by atoms with Crippen molar-refractivity contribution in [3.63, 3.8) is 0 Å². The molecule has 0 fully saturated rings. The highest BCUT2D eigenvalue weighted by molar-refractivity contribution is 6.31. The Hall–Kier alpha value is -2.08. The summed E-state index contributed by atoms with van der Waals surface area (Å²) in [7, 11) is 0. The van der Waals surface area contributed by atoms with Crippen molar-refractivity contribution in [2.75, 3.05) is 11.1 Å². The van der Waals surface area contributed by atoms with Gasteiger partial charge in [-0.25, -0.2) is 4.39 Å². The van der Waals surface area contributed by atoms with Crippen LogP contribution in [0.2, 0.25) is 5.02 Å². The monoisotopic (exact) mass is 268 g/mol. The number of nitrogens with two attached hydrogens (primary N) is 1. The van der Waals surface area contributed by atoms with Gasteiger partial charge in [0.2, 0.25) is 0 Å². The lowest BCUT2D eigenvalue weighted by atomic mass is 10.2. The van der Waals surface area contributed by atoms with E-state index in [0.717, 1.165) is 12.1 Å². The molecule has 0 aliphatic carbocycles. The molecule has 4 N–H and O–H groups in total. The molecule has 2 rings (SSSR count). The van der Waals surface area contributed by atoms with E-state index >= 15 is 0 Å². The first-order chi connectivity index (χ1) is 8.47. The molecule has 94 valence electrons. The number of hydrogen-bond donors (Lipinski definition) is 3. The Morgan fingerprint density at radius 2 is 2.22 bits per heavy atom. The van der Waals surface area contributed by atoms with Crippen molar-refractivity contribution in [2.24, 2.45) is 0 Å². The van der Waals surface area contributed by atoms with Crippen LogP contribution in [0.25, 0.3) is 0 Å². The quantitative estimate of drug-likeness (QED) is 0.782. The maximum Gasteiger partial charge on any atom is 0.261 e. The maximum absolute atomic E-state index is 13.1. The first kappa shape index (κ1) is 12.4. The number of aromatic nitrogens is 2. The number of carbonyl (C=O) groups excluding carboxylic acids is 1. The average molecular weight is 269 g/mol. The third kappa shape index (κ3) is 2.43. The molecule has 7 heteroatoms. The van der Waals surface area contributed by atoms with Gasteiger partial charge in [-0.1, -0.05) is 11.6 Å². The number of halogens is 2. The van der Waals surface area contributed by atoms with Gasteiger partial charge in [-0.2, -0.15) is 5.10 Å². The van der Waals surface area contributed by atoms with Crippen molar-refractivity contribution in [1.82, 2.24) is 10.2 Å². The van der Waals surface area contributed by atoms with Gasteiger partial charge in [0.05, 0.1) is 0 Å². The lowest BCUT2D eigenvalue weighted by molar-refractivity contribution is 0.102. The Labute approximate surface area is 107 Å². The van der Waals surface area contributed by atoms with Crippen LogP contribution >= 0.6 is 11.6 Å². The van der Waals surface area contributed by atoms with Crippen molar-refractivity contribution in [3.8, 4) is 0 Å². The van der Waals surface area contributed by atoms with E-state index in [2.05, 4.69) is 15.5 Å². The zero-order valence-electron chi connectivity index (χ0n) is 9.42. The summed E-state index contributed by atoms with van der Waals surface area (Å²) >= 11 is 5.69. The van der Waals surface area contributed by atoms with E-state index in [1.807, 2.05) is 0 Å². The molecule has 1 aromatic heterocycles. The number of anilines is 2. The number of hydrogen-bond acceptors (Lipinski definition) is 3. The van der Waals surface area contributed by atoms with Crippen LogP contribution in [0.4, 0.5) is 15.9 Å². The molecule has 5 nitrogen and oxygen atoms in total. The average Bonchev–Trinajstić information content (AvgIpc) is 2.56. The molecule has 0 radical (unpaired) electrons. The largest absolute Gasteiger partial charge is 0.382 e. The zero-order valence-corrected chi connectivity index (χ0v) is 10.2. The second-order valence-electron chi connectivity index (χ2n) is 3.72. The summed E-state index contributed by atoms with van der Waals surface area (Å²) < 4.78 is 13.1. The summed E-state index contributed by atoms with van der Waals surface area (Å²) in [6.07, 6.45) is 0. The van der Waals surface area contributed by atoms with Crippen LogP contribution in [0.1, 0.15) is 16.1 Å². The number of rotatable bonds is 2. The second kappa shape index (κ2) is 4.66. The maximum atomic E-state index is 13.1. The summed E-state index contributed by atoms with van der Waals surface area (Å²) in [5, 5.41) is 9.00. The molecule has 1 amide bonds. The van der Waals surface area contributed by atoms with E-state index in [4.69, 9.17) is 17.3 Å². The molecule has 0 spiro atoms. The molecule has 0 aliphatic heterocycles. The van der Waals surface area contributed by atoms with Gasteiger partial charge in [0.15, 0.2) is 5.82 Å². The molecular weight excluding hydrogens is 259 g/mol. The van der Waals surface area contributed by atoms with E-state index in [0.29, 0.717) is 5.69 Å². The van der Waals surface area contributed by atoms with E-state index in [9.17, 15) is 9.18 Å². The van der Waals surface area contributed by atoms with Crippen molar-refractivity contribution in [2.45, 2.75) is 6.92 Å². The number of nitrogens with zero attached hydrogens (tertiary/aromatic N) is 1. The predicted molar refractivity (Wildman–Crippen MR) is 67.1 cm³/mol. The molecule has 0 atom stereocenters. The molecule has 18 heavy (non-hydrogen) atoms. The number of benzene rings is 1. The second-order valence-corrected chi connectivity index (χ2v) is 4.16. The molecule has 0 aliphatic rings. The Morgan fingerprint density at radius 1 is 1.50 bits per heavy atom. The first-order valence-electron chi connectivity index (χ1n) is 5.05. The van der Waals surface area contributed by atoms with E-state index in [1.165, 1.54) is 6.07 Å². The third-order valence-corrected chi connectivity index (χ3v) is 2.54. The van der Waals surface area contributed by atoms with Crippen LogP contribution in [0.3, 0.4) is 0 Å². The SMILES string of the molecule is Cc1[nH]nc(N)c1C(=O)Nc1cc(F)cc(Cl)c1. The fraction of sp³-hybridized carbons (Fsp3) is 0.0909. The highest BCUT2D eigenvalue weighted by Crippen LogP contribution is 2.20. The molecule has 0 saturated heterocycles. The van der Waals surface area contributed by atoms with Gasteiger partial charge < -0.3 is 11.1 Å². The lowest BCUT2D eigenvalue weighted by Gasteiger charge is -2.05. The van der Waals surface area contributed by atoms with Gasteiger partial charge in [-0.3, -0.25) is 9.89 Å². The minimum absolute atomic E-state index is 0.0903. The molecule has 1 heterocycles. The minimum Gasteiger partial charge on any atom is -0.382 e. The fourth-order valence-electron chi connectivity index (χ4n) is 1.55. The Morgan fingerprint density at radius 3 is 2.78 bits per heavy atom. The van der Waals surface area contributed by atoms with Crippen LogP contribution in [0, 0.1) is 12.7 Å². The molecular formula is C11H10ClFN4O. The summed E-state index contributed by atoms with van der Waals surface area (Å²) in [6.45, 7) is 1.66. The van der Waals surface area contributed by atoms with Crippen molar-refractivity contribution in [3.05, 3.63) is 40.3 Å². The summed E-state index contributed by atoms with van der Waals surface area (Å²) in [5.74, 6) is -0.914. The van der Waals surface area contributed by atoms with Crippen LogP contribution in [-0.4, -0.2) is 16.1 Å². The van der Waals surface area contributed by atoms with Crippen LogP contribution in [0.15, 0.2) is 18.2 Å². The molecule has 0 bridgehead atoms. The summed E-state index contributed by atoms with van der Waals surface area (Å²) in [6, 6.07) is 3.75. The predicted octanol–water partition coefficient (Wildman–Crippen LogP) is 2.35. The normalized spacial score (nSPS) is 10.4. The van der Waals surface area contributed by atoms with Gasteiger partial charge in [-0.05, 0) is 25.1 Å². The number of carbonyl (C=O) groups is 1. The number of aromatic amines is 1. The van der Waals surface area contributed by atoms with Gasteiger partial charge in [0, 0.05) is 16.4 Å². The van der Waals surface area contributed by atoms with E-state index < -0.39 is 11.7 Å². The van der Waals surface area contributed by atoms with E-state index in [1.54, 1.807) is 6.92 Å². The van der Waals surface area contributed by atoms with Gasteiger partial charge in [0.1, 0.15) is 11.4 Å². The Kier molecular flexibility index (Phi) is 3.20. The minimum atomic E-state index is -0.533. The fourth-order valence-corrected chi connectivity index (χ4v) is 1.78. The van der Waals surface area contributed by atoms with Crippen molar-refractivity contribution >= 4 is 29.0 Å².